The maximum Gasteiger partial charge on any atom is 0.242 e. The standard InChI is InChI=1S/C27H22N2O2S2/c30-26-25(33-27(32)29(26)17-20-5-4-14-28-16-20)15-19-10-12-23(13-11-19)31-18-22-8-3-7-21-6-1-2-9-24(21)22/h1-14,16,25H,15,17-18H2/t25-/m1/s1. The van der Waals surface area contributed by atoms with Crippen molar-refractivity contribution in [3.8, 4) is 5.75 Å². The molecule has 0 unspecified atom stereocenters. The van der Waals surface area contributed by atoms with Gasteiger partial charge >= 0.3 is 0 Å². The van der Waals surface area contributed by atoms with Crippen molar-refractivity contribution in [1.82, 2.24) is 9.88 Å². The molecule has 0 bridgehead atoms. The lowest BCUT2D eigenvalue weighted by molar-refractivity contribution is -0.126. The smallest absolute Gasteiger partial charge is 0.242 e. The minimum atomic E-state index is -0.198. The fraction of sp³-hybridized carbons (Fsp3) is 0.148. The van der Waals surface area contributed by atoms with E-state index in [1.807, 2.05) is 48.5 Å². The van der Waals surface area contributed by atoms with Crippen LogP contribution in [0.3, 0.4) is 0 Å². The molecule has 33 heavy (non-hydrogen) atoms. The molecule has 1 atom stereocenters. The Balaban J connectivity index is 1.20. The number of benzene rings is 3. The molecule has 0 aliphatic carbocycles. The average molecular weight is 471 g/mol. The highest BCUT2D eigenvalue weighted by molar-refractivity contribution is 8.24. The van der Waals surface area contributed by atoms with Crippen LogP contribution in [0.2, 0.25) is 0 Å². The number of aromatic nitrogens is 1. The summed E-state index contributed by atoms with van der Waals surface area (Å²) >= 11 is 6.94. The predicted octanol–water partition coefficient (Wildman–Crippen LogP) is 5.79. The van der Waals surface area contributed by atoms with Crippen LogP contribution in [0.15, 0.2) is 91.3 Å². The van der Waals surface area contributed by atoms with Gasteiger partial charge in [-0.25, -0.2) is 0 Å². The van der Waals surface area contributed by atoms with Crippen molar-refractivity contribution in [3.63, 3.8) is 0 Å². The highest BCUT2D eigenvalue weighted by Crippen LogP contribution is 2.31. The Bertz CT molecular complexity index is 1290. The molecule has 5 rings (SSSR count). The SMILES string of the molecule is O=C1[C@@H](Cc2ccc(OCc3cccc4ccccc34)cc2)SC(=S)N1Cc1cccnc1. The van der Waals surface area contributed by atoms with Gasteiger partial charge in [-0.05, 0) is 52.1 Å². The van der Waals surface area contributed by atoms with Crippen LogP contribution in [0.1, 0.15) is 16.7 Å². The van der Waals surface area contributed by atoms with Gasteiger partial charge in [-0.1, -0.05) is 84.6 Å². The van der Waals surface area contributed by atoms with Crippen molar-refractivity contribution in [2.75, 3.05) is 0 Å². The lowest BCUT2D eigenvalue weighted by atomic mass is 10.1. The second-order valence-electron chi connectivity index (χ2n) is 7.93. The maximum atomic E-state index is 12.9. The topological polar surface area (TPSA) is 42.4 Å². The Kier molecular flexibility index (Phi) is 6.37. The van der Waals surface area contributed by atoms with Crippen LogP contribution in [0, 0.1) is 0 Å². The first-order chi connectivity index (χ1) is 16.2. The number of carbonyl (C=O) groups is 1. The van der Waals surface area contributed by atoms with Crippen LogP contribution in [-0.4, -0.2) is 25.4 Å². The largest absolute Gasteiger partial charge is 0.489 e. The zero-order chi connectivity index (χ0) is 22.6. The molecule has 1 aliphatic rings. The first-order valence-electron chi connectivity index (χ1n) is 10.8. The Morgan fingerprint density at radius 1 is 0.939 bits per heavy atom. The molecule has 4 nitrogen and oxygen atoms in total. The van der Waals surface area contributed by atoms with Gasteiger partial charge in [0, 0.05) is 12.4 Å². The van der Waals surface area contributed by atoms with Crippen molar-refractivity contribution in [2.45, 2.75) is 24.8 Å². The molecule has 1 saturated heterocycles. The molecule has 2 heterocycles. The van der Waals surface area contributed by atoms with Crippen molar-refractivity contribution in [3.05, 3.63) is 108 Å². The fourth-order valence-corrected chi connectivity index (χ4v) is 5.49. The summed E-state index contributed by atoms with van der Waals surface area (Å²) in [4.78, 5) is 18.7. The van der Waals surface area contributed by atoms with E-state index >= 15 is 0 Å². The van der Waals surface area contributed by atoms with Crippen molar-refractivity contribution < 1.29 is 9.53 Å². The summed E-state index contributed by atoms with van der Waals surface area (Å²) in [6, 6.07) is 26.4. The van der Waals surface area contributed by atoms with Gasteiger partial charge in [0.15, 0.2) is 0 Å². The number of amides is 1. The lowest BCUT2D eigenvalue weighted by Gasteiger charge is -2.15. The molecule has 6 heteroatoms. The zero-order valence-corrected chi connectivity index (χ0v) is 19.5. The van der Waals surface area contributed by atoms with E-state index in [0.29, 0.717) is 23.9 Å². The van der Waals surface area contributed by atoms with E-state index in [-0.39, 0.29) is 11.2 Å². The average Bonchev–Trinajstić information content (AvgIpc) is 3.11. The molecule has 4 aromatic rings. The number of hydrogen-bond donors (Lipinski definition) is 0. The molecular formula is C27H22N2O2S2. The summed E-state index contributed by atoms with van der Waals surface area (Å²) in [7, 11) is 0. The van der Waals surface area contributed by atoms with Gasteiger partial charge < -0.3 is 4.74 Å². The van der Waals surface area contributed by atoms with E-state index in [2.05, 4.69) is 35.3 Å². The number of nitrogens with zero attached hydrogens (tertiary/aromatic N) is 2. The molecule has 0 N–H and O–H groups in total. The Hall–Kier alpha value is -3.22. The summed E-state index contributed by atoms with van der Waals surface area (Å²) in [6.45, 7) is 0.977. The molecule has 0 spiro atoms. The number of rotatable bonds is 7. The predicted molar refractivity (Wildman–Crippen MR) is 137 cm³/mol. The van der Waals surface area contributed by atoms with Gasteiger partial charge in [0.05, 0.1) is 11.8 Å². The third-order valence-corrected chi connectivity index (χ3v) is 7.27. The van der Waals surface area contributed by atoms with E-state index in [0.717, 1.165) is 22.4 Å². The monoisotopic (exact) mass is 470 g/mol. The Morgan fingerprint density at radius 2 is 1.76 bits per heavy atom. The third-order valence-electron chi connectivity index (χ3n) is 5.69. The maximum absolute atomic E-state index is 12.9. The number of fused-ring (bicyclic) bond motifs is 1. The highest BCUT2D eigenvalue weighted by atomic mass is 32.2. The number of carbonyl (C=O) groups excluding carboxylic acids is 1. The van der Waals surface area contributed by atoms with E-state index in [9.17, 15) is 4.79 Å². The van der Waals surface area contributed by atoms with E-state index in [4.69, 9.17) is 17.0 Å². The van der Waals surface area contributed by atoms with E-state index in [1.54, 1.807) is 17.3 Å². The van der Waals surface area contributed by atoms with Gasteiger partial charge in [-0.15, -0.1) is 0 Å². The number of ether oxygens (including phenoxy) is 1. The molecule has 1 amide bonds. The third kappa shape index (κ3) is 4.92. The first-order valence-corrected chi connectivity index (χ1v) is 12.1. The van der Waals surface area contributed by atoms with Gasteiger partial charge in [0.2, 0.25) is 5.91 Å². The summed E-state index contributed by atoms with van der Waals surface area (Å²) in [5.41, 5.74) is 3.22. The zero-order valence-electron chi connectivity index (χ0n) is 17.9. The highest BCUT2D eigenvalue weighted by Gasteiger charge is 2.36. The second kappa shape index (κ2) is 9.73. The number of thiocarbonyl (C=S) groups is 1. The molecular weight excluding hydrogens is 448 g/mol. The molecule has 0 saturated carbocycles. The molecule has 164 valence electrons. The van der Waals surface area contributed by atoms with E-state index < -0.39 is 0 Å². The molecule has 0 radical (unpaired) electrons. The molecule has 1 fully saturated rings. The minimum absolute atomic E-state index is 0.0603. The summed E-state index contributed by atoms with van der Waals surface area (Å²) < 4.78 is 6.67. The van der Waals surface area contributed by atoms with Crippen LogP contribution in [0.4, 0.5) is 0 Å². The van der Waals surface area contributed by atoms with Crippen molar-refractivity contribution in [1.29, 1.82) is 0 Å². The van der Waals surface area contributed by atoms with Crippen LogP contribution in [-0.2, 0) is 24.4 Å². The number of pyridine rings is 1. The van der Waals surface area contributed by atoms with Gasteiger partial charge in [0.1, 0.15) is 16.7 Å². The molecule has 1 aromatic heterocycles. The van der Waals surface area contributed by atoms with Gasteiger partial charge in [0.25, 0.3) is 0 Å². The van der Waals surface area contributed by atoms with E-state index in [1.165, 1.54) is 22.5 Å². The van der Waals surface area contributed by atoms with Crippen molar-refractivity contribution >= 4 is 45.0 Å². The lowest BCUT2D eigenvalue weighted by Crippen LogP contribution is -2.31. The molecule has 3 aromatic carbocycles. The van der Waals surface area contributed by atoms with Crippen LogP contribution in [0.25, 0.3) is 10.8 Å². The molecule has 1 aliphatic heterocycles. The minimum Gasteiger partial charge on any atom is -0.489 e. The van der Waals surface area contributed by atoms with Crippen LogP contribution < -0.4 is 4.74 Å². The van der Waals surface area contributed by atoms with Crippen LogP contribution >= 0.6 is 24.0 Å². The second-order valence-corrected chi connectivity index (χ2v) is 9.77. The fourth-order valence-electron chi connectivity index (χ4n) is 3.96. The Labute approximate surface area is 202 Å². The quantitative estimate of drug-likeness (QED) is 0.320. The number of hydrogen-bond acceptors (Lipinski definition) is 5. The summed E-state index contributed by atoms with van der Waals surface area (Å²) in [6.07, 6.45) is 4.13. The van der Waals surface area contributed by atoms with Crippen LogP contribution in [0.5, 0.6) is 5.75 Å². The summed E-state index contributed by atoms with van der Waals surface area (Å²) in [5, 5.41) is 2.22. The van der Waals surface area contributed by atoms with Crippen molar-refractivity contribution in [2.24, 2.45) is 0 Å². The Morgan fingerprint density at radius 3 is 2.58 bits per heavy atom. The number of thioether (sulfide) groups is 1. The summed E-state index contributed by atoms with van der Waals surface area (Å²) in [5.74, 6) is 0.871. The normalized spacial score (nSPS) is 15.9. The first kappa shape index (κ1) is 21.6. The van der Waals surface area contributed by atoms with Gasteiger partial charge in [-0.3, -0.25) is 14.7 Å². The van der Waals surface area contributed by atoms with Gasteiger partial charge in [-0.2, -0.15) is 0 Å².